The van der Waals surface area contributed by atoms with Gasteiger partial charge in [0.25, 0.3) is 0 Å². The first-order chi connectivity index (χ1) is 19.5. The molecule has 0 aromatic heterocycles. The van der Waals surface area contributed by atoms with Crippen molar-refractivity contribution in [2.24, 2.45) is 5.92 Å². The van der Waals surface area contributed by atoms with Gasteiger partial charge in [-0.3, -0.25) is 9.59 Å². The highest BCUT2D eigenvalue weighted by molar-refractivity contribution is 5.76. The Morgan fingerprint density at radius 1 is 0.780 bits per heavy atom. The van der Waals surface area contributed by atoms with E-state index in [0.717, 1.165) is 25.7 Å². The van der Waals surface area contributed by atoms with Crippen molar-refractivity contribution in [1.82, 2.24) is 5.32 Å². The smallest absolute Gasteiger partial charge is 0.468 e. The van der Waals surface area contributed by atoms with Gasteiger partial charge in [0.15, 0.2) is 11.5 Å². The molecule has 0 aliphatic carbocycles. The minimum absolute atomic E-state index is 0.0433. The Labute approximate surface area is 243 Å². The summed E-state index contributed by atoms with van der Waals surface area (Å²) in [5.74, 6) is -1.13. The van der Waals surface area contributed by atoms with Gasteiger partial charge in [0.05, 0.1) is 13.0 Å². The van der Waals surface area contributed by atoms with Gasteiger partial charge in [0.1, 0.15) is 24.9 Å². The van der Waals surface area contributed by atoms with E-state index in [0.29, 0.717) is 18.4 Å². The molecule has 0 heterocycles. The van der Waals surface area contributed by atoms with Crippen LogP contribution in [0.25, 0.3) is 0 Å². The third kappa shape index (κ3) is 14.2. The van der Waals surface area contributed by atoms with Crippen LogP contribution >= 0.6 is 0 Å². The average Bonchev–Trinajstić information content (AvgIpc) is 2.91. The Balaban J connectivity index is 3.03. The maximum Gasteiger partial charge on any atom is 0.514 e. The maximum absolute atomic E-state index is 12.5. The highest BCUT2D eigenvalue weighted by Crippen LogP contribution is 2.30. The molecule has 0 aliphatic rings. The predicted octanol–water partition coefficient (Wildman–Crippen LogP) is 5.75. The Bertz CT molecular complexity index is 967. The van der Waals surface area contributed by atoms with E-state index in [-0.39, 0.29) is 55.2 Å². The predicted molar refractivity (Wildman–Crippen MR) is 152 cm³/mol. The molecule has 0 aliphatic heterocycles. The van der Waals surface area contributed by atoms with Crippen LogP contribution in [0.15, 0.2) is 18.2 Å². The fourth-order valence-electron chi connectivity index (χ4n) is 4.03. The number of carbonyl (C=O) groups excluding carboxylic acids is 4. The van der Waals surface area contributed by atoms with Crippen LogP contribution < -0.4 is 14.8 Å². The highest BCUT2D eigenvalue weighted by atomic mass is 16.7. The SMILES string of the molecule is CCCC(C)OC(=O)Oc1ccc(C[C@H](NCCOC(=O)C(C)CCC)C(=O)OC)cc1OC(=O)OC(C)CCC. The minimum Gasteiger partial charge on any atom is -0.468 e. The molecule has 0 fully saturated rings. The van der Waals surface area contributed by atoms with E-state index in [1.807, 2.05) is 27.7 Å². The van der Waals surface area contributed by atoms with Gasteiger partial charge in [0, 0.05) is 6.54 Å². The van der Waals surface area contributed by atoms with Crippen LogP contribution in [0.1, 0.15) is 85.6 Å². The molecule has 0 saturated heterocycles. The fraction of sp³-hybridized carbons (Fsp3) is 0.667. The Hall–Kier alpha value is -3.34. The summed E-state index contributed by atoms with van der Waals surface area (Å²) in [6.07, 6.45) is 2.11. The van der Waals surface area contributed by atoms with Gasteiger partial charge in [-0.15, -0.1) is 0 Å². The summed E-state index contributed by atoms with van der Waals surface area (Å²) in [7, 11) is 1.27. The molecule has 3 unspecified atom stereocenters. The van der Waals surface area contributed by atoms with Gasteiger partial charge in [-0.25, -0.2) is 9.59 Å². The summed E-state index contributed by atoms with van der Waals surface area (Å²) in [5, 5.41) is 3.04. The van der Waals surface area contributed by atoms with Crippen LogP contribution in [0, 0.1) is 5.92 Å². The van der Waals surface area contributed by atoms with Gasteiger partial charge in [-0.1, -0.05) is 53.0 Å². The second kappa shape index (κ2) is 19.7. The second-order valence-electron chi connectivity index (χ2n) is 10.0. The summed E-state index contributed by atoms with van der Waals surface area (Å²) in [4.78, 5) is 49.3. The number of methoxy groups -OCH3 is 1. The van der Waals surface area contributed by atoms with Crippen molar-refractivity contribution in [3.8, 4) is 11.5 Å². The van der Waals surface area contributed by atoms with Gasteiger partial charge >= 0.3 is 24.2 Å². The molecule has 0 bridgehead atoms. The first-order valence-electron chi connectivity index (χ1n) is 14.4. The van der Waals surface area contributed by atoms with Crippen molar-refractivity contribution in [3.05, 3.63) is 23.8 Å². The average molecular weight is 582 g/mol. The lowest BCUT2D eigenvalue weighted by Gasteiger charge is -2.19. The molecule has 0 saturated carbocycles. The molecule has 232 valence electrons. The van der Waals surface area contributed by atoms with E-state index < -0.39 is 24.3 Å². The molecule has 0 spiro atoms. The zero-order valence-corrected chi connectivity index (χ0v) is 25.5. The maximum atomic E-state index is 12.5. The summed E-state index contributed by atoms with van der Waals surface area (Å²) in [6.45, 7) is 11.6. The molecule has 41 heavy (non-hydrogen) atoms. The van der Waals surface area contributed by atoms with Gasteiger partial charge in [0.2, 0.25) is 0 Å². The van der Waals surface area contributed by atoms with Crippen LogP contribution in [-0.2, 0) is 35.0 Å². The zero-order valence-electron chi connectivity index (χ0n) is 25.5. The largest absolute Gasteiger partial charge is 0.514 e. The van der Waals surface area contributed by atoms with Crippen LogP contribution in [0.5, 0.6) is 11.5 Å². The molecular weight excluding hydrogens is 534 g/mol. The Morgan fingerprint density at radius 3 is 1.88 bits per heavy atom. The molecule has 1 N–H and O–H groups in total. The summed E-state index contributed by atoms with van der Waals surface area (Å²) in [5.41, 5.74) is 0.575. The second-order valence-corrected chi connectivity index (χ2v) is 10.0. The molecule has 1 aromatic rings. The van der Waals surface area contributed by atoms with Crippen molar-refractivity contribution in [3.63, 3.8) is 0 Å². The van der Waals surface area contributed by atoms with Crippen molar-refractivity contribution >= 4 is 24.2 Å². The normalized spacial score (nSPS) is 13.7. The van der Waals surface area contributed by atoms with Gasteiger partial charge in [-0.2, -0.15) is 0 Å². The van der Waals surface area contributed by atoms with Crippen molar-refractivity contribution in [2.75, 3.05) is 20.3 Å². The van der Waals surface area contributed by atoms with Crippen LogP contribution in [-0.4, -0.2) is 62.8 Å². The monoisotopic (exact) mass is 581 g/mol. The molecule has 11 heteroatoms. The molecule has 0 radical (unpaired) electrons. The summed E-state index contributed by atoms with van der Waals surface area (Å²) < 4.78 is 31.5. The number of benzene rings is 1. The van der Waals surface area contributed by atoms with Crippen molar-refractivity contribution in [1.29, 1.82) is 0 Å². The molecule has 1 aromatic carbocycles. The van der Waals surface area contributed by atoms with Crippen LogP contribution in [0.4, 0.5) is 9.59 Å². The van der Waals surface area contributed by atoms with E-state index in [9.17, 15) is 19.2 Å². The lowest BCUT2D eigenvalue weighted by atomic mass is 10.1. The number of nitrogens with one attached hydrogen (secondary N) is 1. The van der Waals surface area contributed by atoms with Crippen LogP contribution in [0.3, 0.4) is 0 Å². The summed E-state index contributed by atoms with van der Waals surface area (Å²) in [6, 6.07) is 3.76. The molecule has 4 atom stereocenters. The lowest BCUT2D eigenvalue weighted by Crippen LogP contribution is -2.41. The zero-order chi connectivity index (χ0) is 30.8. The summed E-state index contributed by atoms with van der Waals surface area (Å²) >= 11 is 0. The quantitative estimate of drug-likeness (QED) is 0.0982. The van der Waals surface area contributed by atoms with Gasteiger partial charge in [-0.05, 0) is 57.2 Å². The van der Waals surface area contributed by atoms with E-state index in [2.05, 4.69) is 5.32 Å². The van der Waals surface area contributed by atoms with E-state index >= 15 is 0 Å². The minimum atomic E-state index is -0.956. The molecule has 0 amide bonds. The Morgan fingerprint density at radius 2 is 1.34 bits per heavy atom. The number of hydrogen-bond donors (Lipinski definition) is 1. The van der Waals surface area contributed by atoms with E-state index in [1.165, 1.54) is 19.2 Å². The highest BCUT2D eigenvalue weighted by Gasteiger charge is 2.23. The van der Waals surface area contributed by atoms with Crippen molar-refractivity contribution < 1.29 is 47.6 Å². The van der Waals surface area contributed by atoms with E-state index in [4.69, 9.17) is 28.4 Å². The lowest BCUT2D eigenvalue weighted by molar-refractivity contribution is -0.148. The number of ether oxygens (including phenoxy) is 6. The molecular formula is C30H47NO10. The number of esters is 2. The Kier molecular flexibility index (Phi) is 17.1. The topological polar surface area (TPSA) is 136 Å². The number of rotatable bonds is 18. The number of hydrogen-bond acceptors (Lipinski definition) is 11. The first-order valence-corrected chi connectivity index (χ1v) is 14.4. The number of carbonyl (C=O) groups is 4. The molecule has 11 nitrogen and oxygen atoms in total. The molecule has 1 rings (SSSR count). The van der Waals surface area contributed by atoms with Crippen molar-refractivity contribution in [2.45, 2.75) is 105 Å². The standard InChI is InChI=1S/C30H47NO10/c1-8-11-20(4)27(32)37-17-16-31-24(28(33)36-7)18-23-14-15-25(40-29(34)38-21(5)12-9-2)26(19-23)41-30(35)39-22(6)13-10-3/h14-15,19-22,24,31H,8-13,16-18H2,1-7H3/t20?,21?,22?,24-/m0/s1. The van der Waals surface area contributed by atoms with Gasteiger partial charge < -0.3 is 33.7 Å². The third-order valence-electron chi connectivity index (χ3n) is 6.17. The van der Waals surface area contributed by atoms with Crippen LogP contribution in [0.2, 0.25) is 0 Å². The fourth-order valence-corrected chi connectivity index (χ4v) is 4.03. The van der Waals surface area contributed by atoms with E-state index in [1.54, 1.807) is 19.9 Å². The first kappa shape index (κ1) is 35.7. The third-order valence-corrected chi connectivity index (χ3v) is 6.17.